The van der Waals surface area contributed by atoms with Crippen LogP contribution < -0.4 is 21.1 Å². The molecule has 6 nitrogen and oxygen atoms in total. The minimum absolute atomic E-state index is 0.289. The lowest BCUT2D eigenvalue weighted by Crippen LogP contribution is -2.15. The number of hydrazone groups is 1. The maximum Gasteiger partial charge on any atom is 0.150 e. The highest BCUT2D eigenvalue weighted by atomic mass is 16.5. The Balaban J connectivity index is 1.51. The Morgan fingerprint density at radius 3 is 2.35 bits per heavy atom. The lowest BCUT2D eigenvalue weighted by Gasteiger charge is -2.10. The van der Waals surface area contributed by atoms with Crippen LogP contribution in [0.5, 0.6) is 11.5 Å². The number of hydrogen-bond donors (Lipinski definition) is 2. The van der Waals surface area contributed by atoms with E-state index in [0.717, 1.165) is 28.3 Å². The predicted octanol–water partition coefficient (Wildman–Crippen LogP) is 3.98. The number of allylic oxidation sites excluding steroid dienone is 4. The van der Waals surface area contributed by atoms with Crippen LogP contribution in [0.2, 0.25) is 0 Å². The van der Waals surface area contributed by atoms with Crippen LogP contribution in [-0.4, -0.2) is 24.7 Å². The van der Waals surface area contributed by atoms with Crippen molar-refractivity contribution in [2.45, 2.75) is 13.5 Å². The van der Waals surface area contributed by atoms with E-state index in [-0.39, 0.29) is 5.84 Å². The molecule has 2 aromatic rings. The van der Waals surface area contributed by atoms with Crippen LogP contribution in [-0.2, 0) is 6.61 Å². The van der Waals surface area contributed by atoms with Crippen molar-refractivity contribution >= 4 is 11.5 Å². The Labute approximate surface area is 183 Å². The van der Waals surface area contributed by atoms with E-state index in [0.29, 0.717) is 25.7 Å². The third-order valence-electron chi connectivity index (χ3n) is 4.66. The molecule has 0 fully saturated rings. The van der Waals surface area contributed by atoms with Crippen molar-refractivity contribution in [2.75, 3.05) is 13.2 Å². The largest absolute Gasteiger partial charge is 0.489 e. The van der Waals surface area contributed by atoms with Gasteiger partial charge in [0.1, 0.15) is 30.5 Å². The number of nitrogens with zero attached hydrogens (tertiary/aromatic N) is 2. The SMILES string of the molecule is CC1/C=C\C=C/CN=C(COc2ccc(COc3ccc(/C(N)=N/N)cc3)cc2)/C=C\1. The zero-order valence-corrected chi connectivity index (χ0v) is 17.6. The number of nitrogens with two attached hydrogens (primary N) is 2. The maximum atomic E-state index is 5.91. The maximum absolute atomic E-state index is 5.91. The molecule has 1 heterocycles. The number of rotatable bonds is 7. The van der Waals surface area contributed by atoms with Crippen LogP contribution in [0.3, 0.4) is 0 Å². The molecule has 0 spiro atoms. The summed E-state index contributed by atoms with van der Waals surface area (Å²) in [6.07, 6.45) is 12.4. The zero-order chi connectivity index (χ0) is 21.9. The van der Waals surface area contributed by atoms with E-state index < -0.39 is 0 Å². The molecule has 1 aliphatic heterocycles. The van der Waals surface area contributed by atoms with E-state index in [1.54, 1.807) is 0 Å². The standard InChI is InChI=1S/C25H28N4O2/c1-19-5-3-2-4-16-28-22(11-6-19)18-31-23-12-7-20(8-13-23)17-30-24-14-9-21(10-15-24)25(26)29-27/h2-15,19H,16-18,27H2,1H3,(H2,26,29)/b4-2-,5-3-,11-6-,28-22?. The topological polar surface area (TPSA) is 95.2 Å². The minimum Gasteiger partial charge on any atom is -0.489 e. The van der Waals surface area contributed by atoms with Crippen LogP contribution >= 0.6 is 0 Å². The first kappa shape index (κ1) is 21.9. The van der Waals surface area contributed by atoms with Crippen LogP contribution in [0.4, 0.5) is 0 Å². The normalized spacial score (nSPS) is 19.7. The number of ether oxygens (including phenoxy) is 2. The Morgan fingerprint density at radius 2 is 1.65 bits per heavy atom. The van der Waals surface area contributed by atoms with Crippen LogP contribution in [0.1, 0.15) is 18.1 Å². The molecule has 1 atom stereocenters. The van der Waals surface area contributed by atoms with Gasteiger partial charge in [0.05, 0.1) is 12.3 Å². The van der Waals surface area contributed by atoms with Gasteiger partial charge in [-0.1, -0.05) is 49.4 Å². The fourth-order valence-corrected chi connectivity index (χ4v) is 2.82. The predicted molar refractivity (Wildman–Crippen MR) is 127 cm³/mol. The highest BCUT2D eigenvalue weighted by Gasteiger charge is 2.02. The first-order chi connectivity index (χ1) is 15.1. The molecule has 0 saturated heterocycles. The third kappa shape index (κ3) is 7.19. The highest BCUT2D eigenvalue weighted by Crippen LogP contribution is 2.17. The Bertz CT molecular complexity index is 987. The van der Waals surface area contributed by atoms with E-state index in [2.05, 4.69) is 35.2 Å². The van der Waals surface area contributed by atoms with Crippen molar-refractivity contribution < 1.29 is 9.47 Å². The summed E-state index contributed by atoms with van der Waals surface area (Å²) in [7, 11) is 0. The average molecular weight is 417 g/mol. The second kappa shape index (κ2) is 11.4. The molecule has 0 bridgehead atoms. The van der Waals surface area contributed by atoms with Crippen LogP contribution in [0.15, 0.2) is 95.1 Å². The van der Waals surface area contributed by atoms with Gasteiger partial charge in [0.15, 0.2) is 0 Å². The molecule has 31 heavy (non-hydrogen) atoms. The van der Waals surface area contributed by atoms with E-state index in [1.165, 1.54) is 0 Å². The molecule has 0 aliphatic carbocycles. The van der Waals surface area contributed by atoms with Gasteiger partial charge in [-0.2, -0.15) is 5.10 Å². The molecule has 6 heteroatoms. The molecule has 0 aromatic heterocycles. The van der Waals surface area contributed by atoms with Crippen LogP contribution in [0.25, 0.3) is 0 Å². The highest BCUT2D eigenvalue weighted by molar-refractivity contribution is 5.97. The summed E-state index contributed by atoms with van der Waals surface area (Å²) < 4.78 is 11.7. The molecule has 1 unspecified atom stereocenters. The lowest BCUT2D eigenvalue weighted by molar-refractivity contribution is 0.306. The van der Waals surface area contributed by atoms with Crippen molar-refractivity contribution in [1.29, 1.82) is 0 Å². The summed E-state index contributed by atoms with van der Waals surface area (Å²) >= 11 is 0. The van der Waals surface area contributed by atoms with E-state index in [9.17, 15) is 0 Å². The summed E-state index contributed by atoms with van der Waals surface area (Å²) in [6.45, 7) is 3.66. The van der Waals surface area contributed by atoms with Gasteiger partial charge in [-0.25, -0.2) is 0 Å². The minimum atomic E-state index is 0.289. The summed E-state index contributed by atoms with van der Waals surface area (Å²) in [5.41, 5.74) is 8.40. The van der Waals surface area contributed by atoms with Gasteiger partial charge in [0.2, 0.25) is 0 Å². The zero-order valence-electron chi connectivity index (χ0n) is 17.6. The molecule has 2 aromatic carbocycles. The van der Waals surface area contributed by atoms with Crippen molar-refractivity contribution in [3.8, 4) is 11.5 Å². The number of benzene rings is 2. The molecule has 3 rings (SSSR count). The molecule has 0 saturated carbocycles. The van der Waals surface area contributed by atoms with Gasteiger partial charge >= 0.3 is 0 Å². The van der Waals surface area contributed by atoms with Crippen molar-refractivity contribution in [3.05, 3.63) is 96.1 Å². The van der Waals surface area contributed by atoms with Gasteiger partial charge < -0.3 is 21.1 Å². The van der Waals surface area contributed by atoms with Crippen molar-refractivity contribution in [1.82, 2.24) is 0 Å². The first-order valence-corrected chi connectivity index (χ1v) is 10.2. The summed E-state index contributed by atoms with van der Waals surface area (Å²) in [5, 5.41) is 3.48. The summed E-state index contributed by atoms with van der Waals surface area (Å²) in [6, 6.07) is 15.2. The second-order valence-electron chi connectivity index (χ2n) is 7.12. The monoisotopic (exact) mass is 416 g/mol. The Hall–Kier alpha value is -3.80. The van der Waals surface area contributed by atoms with Gasteiger partial charge in [-0.05, 0) is 54.0 Å². The number of hydrogen-bond acceptors (Lipinski definition) is 5. The van der Waals surface area contributed by atoms with Gasteiger partial charge in [0, 0.05) is 5.56 Å². The molecule has 1 aliphatic rings. The lowest BCUT2D eigenvalue weighted by atomic mass is 10.1. The fourth-order valence-electron chi connectivity index (χ4n) is 2.82. The third-order valence-corrected chi connectivity index (χ3v) is 4.66. The molecular formula is C25H28N4O2. The Kier molecular flexibility index (Phi) is 8.05. The van der Waals surface area contributed by atoms with E-state index >= 15 is 0 Å². The van der Waals surface area contributed by atoms with Gasteiger partial charge in [-0.15, -0.1) is 0 Å². The van der Waals surface area contributed by atoms with E-state index in [1.807, 2.05) is 66.8 Å². The first-order valence-electron chi connectivity index (χ1n) is 10.2. The van der Waals surface area contributed by atoms with Gasteiger partial charge in [0.25, 0.3) is 0 Å². The number of aliphatic imine (C=N–C) groups is 1. The summed E-state index contributed by atoms with van der Waals surface area (Å²) in [5.74, 6) is 7.37. The molecule has 160 valence electrons. The molecule has 0 radical (unpaired) electrons. The second-order valence-corrected chi connectivity index (χ2v) is 7.12. The van der Waals surface area contributed by atoms with E-state index in [4.69, 9.17) is 21.1 Å². The smallest absolute Gasteiger partial charge is 0.150 e. The van der Waals surface area contributed by atoms with Gasteiger partial charge in [-0.3, -0.25) is 4.99 Å². The number of amidine groups is 1. The quantitative estimate of drug-likeness (QED) is 0.309. The molecule has 0 amide bonds. The average Bonchev–Trinajstić information content (AvgIpc) is 2.81. The van der Waals surface area contributed by atoms with Crippen molar-refractivity contribution in [2.24, 2.45) is 27.6 Å². The van der Waals surface area contributed by atoms with Crippen LogP contribution in [0, 0.1) is 5.92 Å². The molecular weight excluding hydrogens is 388 g/mol. The Morgan fingerprint density at radius 1 is 0.968 bits per heavy atom. The van der Waals surface area contributed by atoms with Crippen molar-refractivity contribution in [3.63, 3.8) is 0 Å². The molecule has 4 N–H and O–H groups in total. The fraction of sp³-hybridized carbons (Fsp3) is 0.200. The summed E-state index contributed by atoms with van der Waals surface area (Å²) in [4.78, 5) is 4.58.